The molecule has 0 spiro atoms. The van der Waals surface area contributed by atoms with E-state index in [0.29, 0.717) is 12.5 Å². The van der Waals surface area contributed by atoms with Gasteiger partial charge in [-0.2, -0.15) is 4.98 Å². The van der Waals surface area contributed by atoms with Crippen molar-refractivity contribution < 1.29 is 0 Å². The first-order chi connectivity index (χ1) is 11.2. The Morgan fingerprint density at radius 1 is 1.04 bits per heavy atom. The van der Waals surface area contributed by atoms with Crippen molar-refractivity contribution in [3.8, 4) is 11.3 Å². The fourth-order valence-corrected chi connectivity index (χ4v) is 2.61. The maximum Gasteiger partial charge on any atom is 0.224 e. The van der Waals surface area contributed by atoms with Crippen LogP contribution in [0.15, 0.2) is 59.3 Å². The average Bonchev–Trinajstić information content (AvgIpc) is 2.60. The number of aromatic nitrogens is 3. The molecule has 2 heterocycles. The van der Waals surface area contributed by atoms with Gasteiger partial charge in [0, 0.05) is 42.1 Å². The van der Waals surface area contributed by atoms with Crippen LogP contribution in [0.25, 0.3) is 11.3 Å². The van der Waals surface area contributed by atoms with Gasteiger partial charge in [-0.3, -0.25) is 4.98 Å². The van der Waals surface area contributed by atoms with Crippen molar-refractivity contribution in [3.05, 3.63) is 64.9 Å². The molecular weight excluding hydrogens is 354 g/mol. The van der Waals surface area contributed by atoms with Crippen LogP contribution < -0.4 is 10.6 Å². The molecule has 3 aromatic rings. The van der Waals surface area contributed by atoms with Gasteiger partial charge >= 0.3 is 0 Å². The highest BCUT2D eigenvalue weighted by molar-refractivity contribution is 9.10. The monoisotopic (exact) mass is 369 g/mol. The van der Waals surface area contributed by atoms with Crippen LogP contribution >= 0.6 is 15.9 Å². The summed E-state index contributed by atoms with van der Waals surface area (Å²) in [6.45, 7) is 0.690. The highest BCUT2D eigenvalue weighted by Gasteiger charge is 2.06. The van der Waals surface area contributed by atoms with Crippen LogP contribution in [0.2, 0.25) is 0 Å². The third-order valence-corrected chi connectivity index (χ3v) is 3.78. The van der Waals surface area contributed by atoms with Crippen LogP contribution in [0.4, 0.5) is 11.8 Å². The molecule has 116 valence electrons. The van der Waals surface area contributed by atoms with Gasteiger partial charge in [-0.05, 0) is 29.8 Å². The van der Waals surface area contributed by atoms with E-state index in [0.717, 1.165) is 21.5 Å². The highest BCUT2D eigenvalue weighted by Crippen LogP contribution is 2.21. The quantitative estimate of drug-likeness (QED) is 0.712. The van der Waals surface area contributed by atoms with Gasteiger partial charge in [-0.25, -0.2) is 4.98 Å². The Morgan fingerprint density at radius 2 is 1.87 bits per heavy atom. The first-order valence-electron chi connectivity index (χ1n) is 7.20. The third-order valence-electron chi connectivity index (χ3n) is 3.29. The van der Waals surface area contributed by atoms with Crippen LogP contribution in [0.3, 0.4) is 0 Å². The number of anilines is 2. The van der Waals surface area contributed by atoms with Crippen LogP contribution in [-0.2, 0) is 6.54 Å². The normalized spacial score (nSPS) is 10.3. The number of halogens is 1. The molecule has 6 heteroatoms. The summed E-state index contributed by atoms with van der Waals surface area (Å²) in [5.41, 5.74) is 3.03. The molecule has 3 rings (SSSR count). The second-order valence-corrected chi connectivity index (χ2v) is 5.85. The van der Waals surface area contributed by atoms with E-state index in [1.54, 1.807) is 12.4 Å². The van der Waals surface area contributed by atoms with Gasteiger partial charge < -0.3 is 10.6 Å². The Bertz CT molecular complexity index is 792. The predicted molar refractivity (Wildman–Crippen MR) is 96.3 cm³/mol. The van der Waals surface area contributed by atoms with Crippen LogP contribution in [0.5, 0.6) is 0 Å². The maximum atomic E-state index is 4.49. The molecule has 0 radical (unpaired) electrons. The molecule has 2 aromatic heterocycles. The fraction of sp³-hybridized carbons (Fsp3) is 0.118. The lowest BCUT2D eigenvalue weighted by atomic mass is 10.2. The zero-order chi connectivity index (χ0) is 16.1. The van der Waals surface area contributed by atoms with Gasteiger partial charge in [-0.1, -0.05) is 28.1 Å². The second-order valence-electron chi connectivity index (χ2n) is 4.93. The largest absolute Gasteiger partial charge is 0.366 e. The van der Waals surface area contributed by atoms with Crippen molar-refractivity contribution in [2.75, 3.05) is 17.7 Å². The lowest BCUT2D eigenvalue weighted by molar-refractivity contribution is 1.08. The number of hydrogen-bond donors (Lipinski definition) is 2. The summed E-state index contributed by atoms with van der Waals surface area (Å²) in [5, 5.41) is 6.34. The minimum absolute atomic E-state index is 0.580. The Morgan fingerprint density at radius 3 is 2.61 bits per heavy atom. The van der Waals surface area contributed by atoms with Crippen molar-refractivity contribution in [1.29, 1.82) is 0 Å². The maximum absolute atomic E-state index is 4.49. The molecule has 0 aliphatic heterocycles. The fourth-order valence-electron chi connectivity index (χ4n) is 2.16. The van der Waals surface area contributed by atoms with E-state index >= 15 is 0 Å². The van der Waals surface area contributed by atoms with Crippen molar-refractivity contribution in [2.24, 2.45) is 0 Å². The molecule has 0 aliphatic carbocycles. The molecule has 0 atom stereocenters. The summed E-state index contributed by atoms with van der Waals surface area (Å²) in [6, 6.07) is 14.0. The van der Waals surface area contributed by atoms with E-state index in [2.05, 4.69) is 53.6 Å². The van der Waals surface area contributed by atoms with E-state index in [9.17, 15) is 0 Å². The van der Waals surface area contributed by atoms with E-state index in [4.69, 9.17) is 0 Å². The topological polar surface area (TPSA) is 62.7 Å². The van der Waals surface area contributed by atoms with Gasteiger partial charge in [-0.15, -0.1) is 0 Å². The zero-order valence-electron chi connectivity index (χ0n) is 12.6. The van der Waals surface area contributed by atoms with E-state index in [1.165, 1.54) is 5.56 Å². The molecule has 0 bridgehead atoms. The van der Waals surface area contributed by atoms with Crippen LogP contribution in [0, 0.1) is 0 Å². The first kappa shape index (κ1) is 15.4. The summed E-state index contributed by atoms with van der Waals surface area (Å²) in [4.78, 5) is 13.0. The van der Waals surface area contributed by atoms with Crippen LogP contribution in [0.1, 0.15) is 5.56 Å². The standard InChI is InChI=1S/C17H16BrN5/c1-19-17-22-15(13-5-7-20-8-6-13)10-16(23-17)21-11-12-3-2-4-14(18)9-12/h2-10H,11H2,1H3,(H2,19,21,22,23). The molecule has 0 saturated heterocycles. The van der Waals surface area contributed by atoms with Gasteiger partial charge in [0.25, 0.3) is 0 Å². The Balaban J connectivity index is 1.84. The Labute approximate surface area is 143 Å². The van der Waals surface area contributed by atoms with Crippen molar-refractivity contribution in [1.82, 2.24) is 15.0 Å². The van der Waals surface area contributed by atoms with Crippen molar-refractivity contribution in [2.45, 2.75) is 6.54 Å². The molecular formula is C17H16BrN5. The summed E-state index contributed by atoms with van der Waals surface area (Å²) < 4.78 is 1.06. The third kappa shape index (κ3) is 4.04. The molecule has 0 saturated carbocycles. The van der Waals surface area contributed by atoms with Crippen molar-refractivity contribution >= 4 is 27.7 Å². The summed E-state index contributed by atoms with van der Waals surface area (Å²) in [7, 11) is 1.81. The minimum Gasteiger partial charge on any atom is -0.366 e. The molecule has 0 aliphatic rings. The summed E-state index contributed by atoms with van der Waals surface area (Å²) >= 11 is 3.48. The van der Waals surface area contributed by atoms with Gasteiger partial charge in [0.2, 0.25) is 5.95 Å². The number of pyridine rings is 1. The van der Waals surface area contributed by atoms with E-state index < -0.39 is 0 Å². The van der Waals surface area contributed by atoms with Crippen molar-refractivity contribution in [3.63, 3.8) is 0 Å². The average molecular weight is 370 g/mol. The minimum atomic E-state index is 0.580. The number of nitrogens with zero attached hydrogens (tertiary/aromatic N) is 3. The van der Waals surface area contributed by atoms with E-state index in [1.807, 2.05) is 37.4 Å². The number of benzene rings is 1. The Hall–Kier alpha value is -2.47. The van der Waals surface area contributed by atoms with E-state index in [-0.39, 0.29) is 0 Å². The molecule has 0 fully saturated rings. The molecule has 0 unspecified atom stereocenters. The molecule has 23 heavy (non-hydrogen) atoms. The van der Waals surface area contributed by atoms with Crippen LogP contribution in [-0.4, -0.2) is 22.0 Å². The molecule has 2 N–H and O–H groups in total. The van der Waals surface area contributed by atoms with Gasteiger partial charge in [0.05, 0.1) is 5.69 Å². The first-order valence-corrected chi connectivity index (χ1v) is 7.99. The molecule has 0 amide bonds. The zero-order valence-corrected chi connectivity index (χ0v) is 14.2. The molecule has 5 nitrogen and oxygen atoms in total. The highest BCUT2D eigenvalue weighted by atomic mass is 79.9. The summed E-state index contributed by atoms with van der Waals surface area (Å²) in [6.07, 6.45) is 3.51. The predicted octanol–water partition coefficient (Wildman–Crippen LogP) is 3.95. The lowest BCUT2D eigenvalue weighted by Gasteiger charge is -2.10. The lowest BCUT2D eigenvalue weighted by Crippen LogP contribution is -2.05. The number of hydrogen-bond acceptors (Lipinski definition) is 5. The summed E-state index contributed by atoms with van der Waals surface area (Å²) in [5.74, 6) is 1.35. The molecule has 1 aromatic carbocycles. The van der Waals surface area contributed by atoms with Gasteiger partial charge in [0.15, 0.2) is 0 Å². The second kappa shape index (κ2) is 7.19. The Kier molecular flexibility index (Phi) is 4.83. The number of nitrogens with one attached hydrogen (secondary N) is 2. The van der Waals surface area contributed by atoms with Gasteiger partial charge in [0.1, 0.15) is 5.82 Å². The smallest absolute Gasteiger partial charge is 0.224 e. The SMILES string of the molecule is CNc1nc(NCc2cccc(Br)c2)cc(-c2ccncc2)n1. The number of rotatable bonds is 5.